The van der Waals surface area contributed by atoms with Crippen molar-refractivity contribution in [2.75, 3.05) is 11.5 Å². The summed E-state index contributed by atoms with van der Waals surface area (Å²) in [7, 11) is 0. The first-order valence-corrected chi connectivity index (χ1v) is 5.97. The Morgan fingerprint density at radius 2 is 2.50 bits per heavy atom. The highest BCUT2D eigenvalue weighted by atomic mass is 32.2. The highest BCUT2D eigenvalue weighted by Gasteiger charge is 2.08. The van der Waals surface area contributed by atoms with Crippen molar-refractivity contribution >= 4 is 11.8 Å². The number of aromatic nitrogens is 1. The first-order chi connectivity index (χ1) is 6.88. The molecule has 1 aromatic rings. The van der Waals surface area contributed by atoms with E-state index in [1.54, 1.807) is 6.20 Å². The van der Waals surface area contributed by atoms with Crippen LogP contribution in [0.3, 0.4) is 0 Å². The lowest BCUT2D eigenvalue weighted by atomic mass is 10.1. The number of pyridine rings is 1. The summed E-state index contributed by atoms with van der Waals surface area (Å²) in [6, 6.07) is 4.19. The van der Waals surface area contributed by atoms with Gasteiger partial charge in [-0.25, -0.2) is 0 Å². The van der Waals surface area contributed by atoms with E-state index < -0.39 is 0 Å². The molecule has 4 heteroatoms. The molecule has 0 spiro atoms. The van der Waals surface area contributed by atoms with Gasteiger partial charge < -0.3 is 0 Å². The van der Waals surface area contributed by atoms with Crippen LogP contribution >= 0.6 is 11.8 Å². The summed E-state index contributed by atoms with van der Waals surface area (Å²) >= 11 is 1.91. The minimum absolute atomic E-state index is 0.209. The monoisotopic (exact) mass is 211 g/mol. The maximum absolute atomic E-state index is 5.50. The summed E-state index contributed by atoms with van der Waals surface area (Å²) in [5.74, 6) is 7.67. The SMILES string of the molecule is CCCSCC(NN)c1cccnc1. The van der Waals surface area contributed by atoms with Crippen molar-refractivity contribution in [1.29, 1.82) is 0 Å². The molecule has 0 saturated heterocycles. The van der Waals surface area contributed by atoms with E-state index in [4.69, 9.17) is 5.84 Å². The van der Waals surface area contributed by atoms with Crippen molar-refractivity contribution in [1.82, 2.24) is 10.4 Å². The van der Waals surface area contributed by atoms with Gasteiger partial charge in [0, 0.05) is 18.1 Å². The Labute approximate surface area is 89.5 Å². The summed E-state index contributed by atoms with van der Waals surface area (Å²) in [6.07, 6.45) is 4.84. The van der Waals surface area contributed by atoms with E-state index in [1.165, 1.54) is 12.2 Å². The van der Waals surface area contributed by atoms with Crippen molar-refractivity contribution in [3.8, 4) is 0 Å². The van der Waals surface area contributed by atoms with Gasteiger partial charge in [-0.1, -0.05) is 13.0 Å². The van der Waals surface area contributed by atoms with Crippen LogP contribution < -0.4 is 11.3 Å². The molecule has 0 saturated carbocycles. The molecular weight excluding hydrogens is 194 g/mol. The molecule has 0 radical (unpaired) electrons. The Morgan fingerprint density at radius 3 is 3.07 bits per heavy atom. The standard InChI is InChI=1S/C10H17N3S/c1-2-6-14-8-10(13-11)9-4-3-5-12-7-9/h3-5,7,10,13H,2,6,8,11H2,1H3. The lowest BCUT2D eigenvalue weighted by molar-refractivity contribution is 0.608. The summed E-state index contributed by atoms with van der Waals surface area (Å²) in [5.41, 5.74) is 3.97. The molecule has 1 heterocycles. The van der Waals surface area contributed by atoms with Gasteiger partial charge in [0.15, 0.2) is 0 Å². The number of hydrogen-bond acceptors (Lipinski definition) is 4. The van der Waals surface area contributed by atoms with Gasteiger partial charge in [-0.3, -0.25) is 16.3 Å². The zero-order valence-electron chi connectivity index (χ0n) is 8.44. The molecule has 0 aromatic carbocycles. The summed E-state index contributed by atoms with van der Waals surface area (Å²) in [5, 5.41) is 0. The first-order valence-electron chi connectivity index (χ1n) is 4.82. The highest BCUT2D eigenvalue weighted by molar-refractivity contribution is 7.99. The maximum atomic E-state index is 5.50. The lowest BCUT2D eigenvalue weighted by Gasteiger charge is -2.14. The molecule has 0 aliphatic heterocycles. The molecule has 0 bridgehead atoms. The van der Waals surface area contributed by atoms with Gasteiger partial charge >= 0.3 is 0 Å². The van der Waals surface area contributed by atoms with Crippen molar-refractivity contribution in [2.45, 2.75) is 19.4 Å². The molecule has 3 nitrogen and oxygen atoms in total. The molecule has 1 atom stereocenters. The van der Waals surface area contributed by atoms with E-state index in [1.807, 2.05) is 30.1 Å². The number of nitrogens with one attached hydrogen (secondary N) is 1. The number of hydrazine groups is 1. The van der Waals surface area contributed by atoms with Gasteiger partial charge in [-0.2, -0.15) is 11.8 Å². The summed E-state index contributed by atoms with van der Waals surface area (Å²) < 4.78 is 0. The topological polar surface area (TPSA) is 50.9 Å². The van der Waals surface area contributed by atoms with E-state index in [0.29, 0.717) is 0 Å². The molecule has 0 amide bonds. The number of nitrogens with zero attached hydrogens (tertiary/aromatic N) is 1. The van der Waals surface area contributed by atoms with Crippen molar-refractivity contribution in [3.63, 3.8) is 0 Å². The molecule has 0 fully saturated rings. The summed E-state index contributed by atoms with van der Waals surface area (Å²) in [6.45, 7) is 2.18. The molecule has 14 heavy (non-hydrogen) atoms. The molecule has 1 aromatic heterocycles. The third kappa shape index (κ3) is 3.65. The van der Waals surface area contributed by atoms with Crippen LogP contribution in [0.2, 0.25) is 0 Å². The van der Waals surface area contributed by atoms with E-state index in [2.05, 4.69) is 17.3 Å². The Bertz CT molecular complexity index is 240. The summed E-state index contributed by atoms with van der Waals surface area (Å²) in [4.78, 5) is 4.08. The van der Waals surface area contributed by atoms with Gasteiger partial charge in [0.25, 0.3) is 0 Å². The van der Waals surface area contributed by atoms with Crippen LogP contribution in [0.1, 0.15) is 24.9 Å². The second-order valence-electron chi connectivity index (χ2n) is 3.08. The van der Waals surface area contributed by atoms with Crippen LogP contribution in [0.25, 0.3) is 0 Å². The average Bonchev–Trinajstić information content (AvgIpc) is 2.26. The predicted molar refractivity (Wildman–Crippen MR) is 61.9 cm³/mol. The fraction of sp³-hybridized carbons (Fsp3) is 0.500. The van der Waals surface area contributed by atoms with Crippen LogP contribution in [-0.4, -0.2) is 16.5 Å². The minimum atomic E-state index is 0.209. The molecule has 1 rings (SSSR count). The molecule has 0 aliphatic rings. The van der Waals surface area contributed by atoms with Crippen LogP contribution in [0, 0.1) is 0 Å². The fourth-order valence-corrected chi connectivity index (χ4v) is 2.15. The van der Waals surface area contributed by atoms with Crippen LogP contribution in [0.4, 0.5) is 0 Å². The van der Waals surface area contributed by atoms with Crippen LogP contribution in [-0.2, 0) is 0 Å². The number of hydrogen-bond donors (Lipinski definition) is 2. The molecular formula is C10H17N3S. The third-order valence-electron chi connectivity index (χ3n) is 1.92. The highest BCUT2D eigenvalue weighted by Crippen LogP contribution is 2.16. The van der Waals surface area contributed by atoms with Crippen LogP contribution in [0.5, 0.6) is 0 Å². The Kier molecular flexibility index (Phi) is 5.59. The normalized spacial score (nSPS) is 12.7. The van der Waals surface area contributed by atoms with Crippen LogP contribution in [0.15, 0.2) is 24.5 Å². The minimum Gasteiger partial charge on any atom is -0.271 e. The average molecular weight is 211 g/mol. The fourth-order valence-electron chi connectivity index (χ4n) is 1.17. The van der Waals surface area contributed by atoms with Crippen molar-refractivity contribution in [2.24, 2.45) is 5.84 Å². The number of thioether (sulfide) groups is 1. The predicted octanol–water partition coefficient (Wildman–Crippen LogP) is 1.73. The third-order valence-corrected chi connectivity index (χ3v) is 3.19. The van der Waals surface area contributed by atoms with E-state index >= 15 is 0 Å². The van der Waals surface area contributed by atoms with Crippen molar-refractivity contribution in [3.05, 3.63) is 30.1 Å². The lowest BCUT2D eigenvalue weighted by Crippen LogP contribution is -2.29. The molecule has 78 valence electrons. The van der Waals surface area contributed by atoms with E-state index in [-0.39, 0.29) is 6.04 Å². The molecule has 1 unspecified atom stereocenters. The Balaban J connectivity index is 2.46. The zero-order chi connectivity index (χ0) is 10.2. The Morgan fingerprint density at radius 1 is 1.64 bits per heavy atom. The van der Waals surface area contributed by atoms with E-state index in [0.717, 1.165) is 11.3 Å². The van der Waals surface area contributed by atoms with Gasteiger partial charge in [-0.15, -0.1) is 0 Å². The quantitative estimate of drug-likeness (QED) is 0.427. The van der Waals surface area contributed by atoms with Gasteiger partial charge in [0.05, 0.1) is 6.04 Å². The Hall–Kier alpha value is -0.580. The van der Waals surface area contributed by atoms with E-state index in [9.17, 15) is 0 Å². The maximum Gasteiger partial charge on any atom is 0.0565 e. The smallest absolute Gasteiger partial charge is 0.0565 e. The zero-order valence-corrected chi connectivity index (χ0v) is 9.26. The largest absolute Gasteiger partial charge is 0.271 e. The second kappa shape index (κ2) is 6.81. The van der Waals surface area contributed by atoms with Gasteiger partial charge in [0.1, 0.15) is 0 Å². The van der Waals surface area contributed by atoms with Gasteiger partial charge in [0.2, 0.25) is 0 Å². The van der Waals surface area contributed by atoms with Crippen molar-refractivity contribution < 1.29 is 0 Å². The second-order valence-corrected chi connectivity index (χ2v) is 4.23. The van der Waals surface area contributed by atoms with Gasteiger partial charge in [-0.05, 0) is 23.8 Å². The molecule has 0 aliphatic carbocycles. The first kappa shape index (κ1) is 11.5. The number of rotatable bonds is 6. The number of nitrogens with two attached hydrogens (primary N) is 1. The molecule has 3 N–H and O–H groups in total.